The summed E-state index contributed by atoms with van der Waals surface area (Å²) < 4.78 is 55.2. The summed E-state index contributed by atoms with van der Waals surface area (Å²) >= 11 is 0. The second-order valence-corrected chi connectivity index (χ2v) is 3.49. The highest BCUT2D eigenvalue weighted by Crippen LogP contribution is 2.30. The van der Waals surface area contributed by atoms with Crippen LogP contribution in [0.25, 0.3) is 0 Å². The summed E-state index contributed by atoms with van der Waals surface area (Å²) in [7, 11) is 0. The number of oxazole rings is 1. The fourth-order valence-corrected chi connectivity index (χ4v) is 1.35. The van der Waals surface area contributed by atoms with Crippen LogP contribution in [0.3, 0.4) is 0 Å². The van der Waals surface area contributed by atoms with Crippen molar-refractivity contribution in [1.29, 1.82) is 0 Å². The maximum absolute atomic E-state index is 13.4. The summed E-state index contributed by atoms with van der Waals surface area (Å²) in [4.78, 5) is 3.74. The summed E-state index contributed by atoms with van der Waals surface area (Å²) in [5, 5.41) is 2.64. The average Bonchev–Trinajstić information content (AvgIpc) is 2.79. The Balaban J connectivity index is 2.10. The van der Waals surface area contributed by atoms with E-state index in [2.05, 4.69) is 10.3 Å². The Morgan fingerprint density at radius 1 is 1.28 bits per heavy atom. The van der Waals surface area contributed by atoms with Gasteiger partial charge in [0.2, 0.25) is 0 Å². The fourth-order valence-electron chi connectivity index (χ4n) is 1.35. The first-order valence-corrected chi connectivity index (χ1v) is 4.96. The lowest BCUT2D eigenvalue weighted by Crippen LogP contribution is -2.08. The number of hydrogen-bond acceptors (Lipinski definition) is 3. The van der Waals surface area contributed by atoms with E-state index in [0.717, 1.165) is 12.1 Å². The monoisotopic (exact) mass is 260 g/mol. The minimum absolute atomic E-state index is 0.00944. The van der Waals surface area contributed by atoms with Crippen LogP contribution in [-0.2, 0) is 12.7 Å². The molecule has 3 nitrogen and oxygen atoms in total. The largest absolute Gasteiger partial charge is 0.432 e. The van der Waals surface area contributed by atoms with Gasteiger partial charge in [-0.3, -0.25) is 0 Å². The molecule has 0 saturated heterocycles. The summed E-state index contributed by atoms with van der Waals surface area (Å²) in [6, 6.07) is 2.55. The third-order valence-corrected chi connectivity index (χ3v) is 2.24. The van der Waals surface area contributed by atoms with Crippen molar-refractivity contribution in [3.05, 3.63) is 47.6 Å². The van der Waals surface area contributed by atoms with E-state index >= 15 is 0 Å². The summed E-state index contributed by atoms with van der Waals surface area (Å²) in [5.74, 6) is -0.927. The molecule has 0 aliphatic carbocycles. The van der Waals surface area contributed by atoms with Gasteiger partial charge in [0.15, 0.2) is 0 Å². The van der Waals surface area contributed by atoms with Gasteiger partial charge in [-0.2, -0.15) is 13.2 Å². The number of nitrogens with zero attached hydrogens (tertiary/aromatic N) is 1. The zero-order chi connectivity index (χ0) is 13.2. The minimum Gasteiger partial charge on any atom is -0.432 e. The van der Waals surface area contributed by atoms with E-state index in [1.165, 1.54) is 12.5 Å². The Hall–Kier alpha value is -2.05. The maximum Gasteiger partial charge on any atom is 0.416 e. The van der Waals surface area contributed by atoms with E-state index in [0.29, 0.717) is 6.07 Å². The van der Waals surface area contributed by atoms with Crippen LogP contribution < -0.4 is 5.32 Å². The normalized spacial score (nSPS) is 11.6. The molecule has 1 aromatic heterocycles. The molecule has 18 heavy (non-hydrogen) atoms. The molecule has 0 aliphatic heterocycles. The van der Waals surface area contributed by atoms with Crippen LogP contribution in [0.15, 0.2) is 35.1 Å². The summed E-state index contributed by atoms with van der Waals surface area (Å²) in [6.45, 7) is -0.00944. The molecule has 0 unspecified atom stereocenters. The van der Waals surface area contributed by atoms with Crippen molar-refractivity contribution in [2.45, 2.75) is 12.7 Å². The van der Waals surface area contributed by atoms with Gasteiger partial charge in [-0.15, -0.1) is 0 Å². The molecule has 0 spiro atoms. The fraction of sp³-hybridized carbons (Fsp3) is 0.182. The molecule has 0 fully saturated rings. The average molecular weight is 260 g/mol. The Bertz CT molecular complexity index is 522. The van der Waals surface area contributed by atoms with Gasteiger partial charge in [0, 0.05) is 12.1 Å². The number of benzene rings is 1. The molecule has 0 atom stereocenters. The van der Waals surface area contributed by atoms with E-state index < -0.39 is 17.6 Å². The molecule has 0 amide bonds. The Morgan fingerprint density at radius 3 is 2.61 bits per heavy atom. The summed E-state index contributed by atoms with van der Waals surface area (Å²) in [5.41, 5.74) is -0.916. The van der Waals surface area contributed by atoms with Gasteiger partial charge < -0.3 is 9.73 Å². The van der Waals surface area contributed by atoms with E-state index in [4.69, 9.17) is 4.42 Å². The van der Waals surface area contributed by atoms with Gasteiger partial charge in [-0.05, 0) is 12.1 Å². The molecule has 1 N–H and O–H groups in total. The topological polar surface area (TPSA) is 38.1 Å². The van der Waals surface area contributed by atoms with Crippen LogP contribution in [0.2, 0.25) is 0 Å². The zero-order valence-electron chi connectivity index (χ0n) is 8.96. The van der Waals surface area contributed by atoms with E-state index in [9.17, 15) is 17.6 Å². The second-order valence-electron chi connectivity index (χ2n) is 3.49. The molecule has 0 bridgehead atoms. The molecule has 0 saturated carbocycles. The van der Waals surface area contributed by atoms with Gasteiger partial charge in [0.25, 0.3) is 6.01 Å². The number of anilines is 1. The SMILES string of the molecule is Fc1cc(C(F)(F)F)ccc1CNc1ncco1. The minimum atomic E-state index is -4.55. The lowest BCUT2D eigenvalue weighted by molar-refractivity contribution is -0.137. The smallest absolute Gasteiger partial charge is 0.416 e. The van der Waals surface area contributed by atoms with Crippen LogP contribution >= 0.6 is 0 Å². The highest BCUT2D eigenvalue weighted by atomic mass is 19.4. The molecule has 2 aromatic rings. The highest BCUT2D eigenvalue weighted by Gasteiger charge is 2.31. The molecular weight excluding hydrogens is 252 g/mol. The zero-order valence-corrected chi connectivity index (χ0v) is 8.96. The first-order valence-electron chi connectivity index (χ1n) is 4.96. The number of rotatable bonds is 3. The van der Waals surface area contributed by atoms with Crippen molar-refractivity contribution in [2.24, 2.45) is 0 Å². The van der Waals surface area contributed by atoms with Crippen LogP contribution in [0.5, 0.6) is 0 Å². The number of alkyl halides is 3. The van der Waals surface area contributed by atoms with Gasteiger partial charge in [-0.1, -0.05) is 6.07 Å². The quantitative estimate of drug-likeness (QED) is 0.859. The molecule has 7 heteroatoms. The predicted molar refractivity (Wildman–Crippen MR) is 55.2 cm³/mol. The Labute approximate surface area is 99.4 Å². The predicted octanol–water partition coefficient (Wildman–Crippen LogP) is 3.44. The lowest BCUT2D eigenvalue weighted by Gasteiger charge is -2.09. The van der Waals surface area contributed by atoms with Crippen molar-refractivity contribution in [3.63, 3.8) is 0 Å². The highest BCUT2D eigenvalue weighted by molar-refractivity contribution is 5.29. The molecular formula is C11H8F4N2O. The number of hydrogen-bond donors (Lipinski definition) is 1. The van der Waals surface area contributed by atoms with E-state index in [1.807, 2.05) is 0 Å². The van der Waals surface area contributed by atoms with Crippen LogP contribution in [-0.4, -0.2) is 4.98 Å². The molecule has 1 heterocycles. The van der Waals surface area contributed by atoms with Crippen molar-refractivity contribution < 1.29 is 22.0 Å². The number of aromatic nitrogens is 1. The number of halogens is 4. The molecule has 0 aliphatic rings. The second kappa shape index (κ2) is 4.67. The third kappa shape index (κ3) is 2.79. The van der Waals surface area contributed by atoms with Gasteiger partial charge in [-0.25, -0.2) is 9.37 Å². The van der Waals surface area contributed by atoms with Gasteiger partial charge >= 0.3 is 6.18 Å². The summed E-state index contributed by atoms with van der Waals surface area (Å²) in [6.07, 6.45) is -1.83. The Morgan fingerprint density at radius 2 is 2.06 bits per heavy atom. The first kappa shape index (κ1) is 12.4. The molecule has 96 valence electrons. The van der Waals surface area contributed by atoms with Crippen molar-refractivity contribution in [3.8, 4) is 0 Å². The van der Waals surface area contributed by atoms with Gasteiger partial charge in [0.1, 0.15) is 12.1 Å². The van der Waals surface area contributed by atoms with Crippen LogP contribution in [0.4, 0.5) is 23.6 Å². The van der Waals surface area contributed by atoms with Crippen molar-refractivity contribution in [1.82, 2.24) is 4.98 Å². The Kier molecular flexibility index (Phi) is 3.22. The third-order valence-electron chi connectivity index (χ3n) is 2.24. The molecule has 0 radical (unpaired) electrons. The lowest BCUT2D eigenvalue weighted by atomic mass is 10.1. The maximum atomic E-state index is 13.4. The standard InChI is InChI=1S/C11H8F4N2O/c12-9-5-8(11(13,14)15)2-1-7(9)6-17-10-16-3-4-18-10/h1-5H,6H2,(H,16,17). The van der Waals surface area contributed by atoms with Crippen molar-refractivity contribution >= 4 is 6.01 Å². The first-order chi connectivity index (χ1) is 8.47. The van der Waals surface area contributed by atoms with E-state index in [-0.39, 0.29) is 18.1 Å². The van der Waals surface area contributed by atoms with Crippen molar-refractivity contribution in [2.75, 3.05) is 5.32 Å². The molecule has 2 rings (SSSR count). The van der Waals surface area contributed by atoms with Gasteiger partial charge in [0.05, 0.1) is 11.8 Å². The van der Waals surface area contributed by atoms with E-state index in [1.54, 1.807) is 0 Å². The molecule has 1 aromatic carbocycles. The van der Waals surface area contributed by atoms with Crippen LogP contribution in [0, 0.1) is 5.82 Å². The van der Waals surface area contributed by atoms with Crippen LogP contribution in [0.1, 0.15) is 11.1 Å². The number of nitrogens with one attached hydrogen (secondary N) is 1.